The highest BCUT2D eigenvalue weighted by molar-refractivity contribution is 7.90. The Hall–Kier alpha value is -4.00. The molecule has 0 spiro atoms. The summed E-state index contributed by atoms with van der Waals surface area (Å²) in [5, 5.41) is 14.5. The minimum Gasteiger partial charge on any atom is -0.388 e. The summed E-state index contributed by atoms with van der Waals surface area (Å²) < 4.78 is 23.6. The number of amides is 1. The fraction of sp³-hybridized carbons (Fsp3) is 0.345. The Morgan fingerprint density at radius 1 is 1.05 bits per heavy atom. The molecule has 0 atom stereocenters. The van der Waals surface area contributed by atoms with Crippen LogP contribution in [0.5, 0.6) is 0 Å². The molecule has 1 amide bonds. The van der Waals surface area contributed by atoms with Crippen molar-refractivity contribution in [2.45, 2.75) is 29.9 Å². The van der Waals surface area contributed by atoms with Gasteiger partial charge in [0, 0.05) is 49.9 Å². The summed E-state index contributed by atoms with van der Waals surface area (Å²) in [5.41, 5.74) is 2.23. The summed E-state index contributed by atoms with van der Waals surface area (Å²) in [5.74, 6) is 0.398. The van der Waals surface area contributed by atoms with E-state index in [2.05, 4.69) is 20.2 Å². The van der Waals surface area contributed by atoms with Crippen molar-refractivity contribution in [3.8, 4) is 11.4 Å². The molecule has 11 nitrogen and oxygen atoms in total. The quantitative estimate of drug-likeness (QED) is 0.321. The van der Waals surface area contributed by atoms with E-state index >= 15 is 0 Å². The zero-order chi connectivity index (χ0) is 29.2. The monoisotopic (exact) mass is 575 g/mol. The molecule has 0 aliphatic carbocycles. The number of hydrogen-bond acceptors (Lipinski definition) is 10. The van der Waals surface area contributed by atoms with Crippen LogP contribution in [0.1, 0.15) is 28.9 Å². The van der Waals surface area contributed by atoms with Crippen molar-refractivity contribution in [1.82, 2.24) is 30.2 Å². The van der Waals surface area contributed by atoms with E-state index in [0.29, 0.717) is 36.3 Å². The fourth-order valence-corrected chi connectivity index (χ4v) is 5.55. The molecule has 1 aliphatic rings. The van der Waals surface area contributed by atoms with Crippen molar-refractivity contribution in [3.63, 3.8) is 0 Å². The molecule has 0 unspecified atom stereocenters. The molecular formula is C29H33N7O4S. The Kier molecular flexibility index (Phi) is 7.98. The van der Waals surface area contributed by atoms with Crippen molar-refractivity contribution in [1.29, 1.82) is 0 Å². The lowest BCUT2D eigenvalue weighted by molar-refractivity contribution is -0.00547. The molecule has 1 fully saturated rings. The molecule has 0 radical (unpaired) electrons. The Balaban J connectivity index is 1.29. The second kappa shape index (κ2) is 11.5. The number of carbonyl (C=O) groups is 1. The molecule has 0 saturated carbocycles. The number of likely N-dealkylation sites (N-methyl/N-ethyl adjacent to an activating group) is 1. The van der Waals surface area contributed by atoms with Crippen LogP contribution in [0.4, 0.5) is 5.82 Å². The van der Waals surface area contributed by atoms with Crippen LogP contribution < -0.4 is 10.2 Å². The molecule has 1 saturated heterocycles. The SMILES string of the molecule is CN(C)CC1(O)CCN(c2cccc(-c3ccc4cnc(CNC(=O)c5cncc(S(C)(=O)=O)c5)cc4n3)n2)CC1. The average molecular weight is 576 g/mol. The van der Waals surface area contributed by atoms with E-state index in [1.165, 1.54) is 18.5 Å². The summed E-state index contributed by atoms with van der Waals surface area (Å²) >= 11 is 0. The fourth-order valence-electron chi connectivity index (χ4n) is 4.96. The first-order valence-electron chi connectivity index (χ1n) is 13.3. The predicted molar refractivity (Wildman–Crippen MR) is 156 cm³/mol. The van der Waals surface area contributed by atoms with Gasteiger partial charge < -0.3 is 20.2 Å². The largest absolute Gasteiger partial charge is 0.388 e. The Labute approximate surface area is 239 Å². The zero-order valence-corrected chi connectivity index (χ0v) is 24.1. The lowest BCUT2D eigenvalue weighted by Gasteiger charge is -2.40. The van der Waals surface area contributed by atoms with Crippen molar-refractivity contribution in [2.75, 3.05) is 44.9 Å². The van der Waals surface area contributed by atoms with Crippen LogP contribution in [0, 0.1) is 0 Å². The van der Waals surface area contributed by atoms with Crippen LogP contribution in [0.15, 0.2) is 66.0 Å². The molecular weight excluding hydrogens is 542 g/mol. The van der Waals surface area contributed by atoms with Crippen molar-refractivity contribution in [2.24, 2.45) is 0 Å². The molecule has 0 aromatic carbocycles. The molecule has 4 aromatic rings. The van der Waals surface area contributed by atoms with Gasteiger partial charge in [0.05, 0.1) is 45.2 Å². The number of nitrogens with one attached hydrogen (secondary N) is 1. The maximum absolute atomic E-state index is 12.6. The second-order valence-corrected chi connectivity index (χ2v) is 12.8. The van der Waals surface area contributed by atoms with Gasteiger partial charge in [-0.25, -0.2) is 18.4 Å². The third-order valence-electron chi connectivity index (χ3n) is 7.09. The van der Waals surface area contributed by atoms with E-state index in [4.69, 9.17) is 9.97 Å². The number of pyridine rings is 4. The molecule has 2 N–H and O–H groups in total. The average Bonchev–Trinajstić information content (AvgIpc) is 2.95. The molecule has 5 rings (SSSR count). The minimum atomic E-state index is -3.48. The number of hydrogen-bond donors (Lipinski definition) is 2. The van der Waals surface area contributed by atoms with Gasteiger partial charge in [-0.2, -0.15) is 0 Å². The first-order valence-corrected chi connectivity index (χ1v) is 15.2. The number of sulfone groups is 1. The summed E-state index contributed by atoms with van der Waals surface area (Å²) in [7, 11) is 0.469. The number of fused-ring (bicyclic) bond motifs is 1. The zero-order valence-electron chi connectivity index (χ0n) is 23.3. The van der Waals surface area contributed by atoms with Crippen LogP contribution >= 0.6 is 0 Å². The van der Waals surface area contributed by atoms with E-state index < -0.39 is 21.3 Å². The van der Waals surface area contributed by atoms with Gasteiger partial charge in [-0.05, 0) is 63.3 Å². The van der Waals surface area contributed by atoms with Gasteiger partial charge in [0.2, 0.25) is 0 Å². The number of aromatic nitrogens is 4. The van der Waals surface area contributed by atoms with Gasteiger partial charge >= 0.3 is 0 Å². The van der Waals surface area contributed by atoms with Crippen molar-refractivity contribution < 1.29 is 18.3 Å². The van der Waals surface area contributed by atoms with E-state index in [1.807, 2.05) is 55.4 Å². The van der Waals surface area contributed by atoms with Crippen LogP contribution in [0.25, 0.3) is 22.3 Å². The Morgan fingerprint density at radius 2 is 1.80 bits per heavy atom. The Bertz CT molecular complexity index is 1690. The molecule has 4 aromatic heterocycles. The predicted octanol–water partition coefficient (Wildman–Crippen LogP) is 2.31. The highest BCUT2D eigenvalue weighted by Gasteiger charge is 2.33. The van der Waals surface area contributed by atoms with E-state index in [1.54, 1.807) is 6.20 Å². The number of nitrogens with zero attached hydrogens (tertiary/aromatic N) is 6. The molecule has 214 valence electrons. The lowest BCUT2D eigenvalue weighted by Crippen LogP contribution is -2.49. The van der Waals surface area contributed by atoms with E-state index in [-0.39, 0.29) is 17.0 Å². The molecule has 1 aliphatic heterocycles. The molecule has 0 bridgehead atoms. The van der Waals surface area contributed by atoms with Gasteiger partial charge in [0.15, 0.2) is 9.84 Å². The van der Waals surface area contributed by atoms with Crippen LogP contribution in [-0.2, 0) is 16.4 Å². The standard InChI is InChI=1S/C29H33N7O4S/c1-35(2)19-29(38)9-11-36(12-10-29)27-6-4-5-24(34-27)25-8-7-20-16-31-22(14-26(20)33-25)17-32-28(37)21-13-23(18-30-15-21)41(3,39)40/h4-8,13-16,18,38H,9-12,17,19H2,1-3H3,(H,32,37). The van der Waals surface area contributed by atoms with E-state index in [9.17, 15) is 18.3 Å². The Morgan fingerprint density at radius 3 is 2.54 bits per heavy atom. The smallest absolute Gasteiger partial charge is 0.253 e. The van der Waals surface area contributed by atoms with Crippen LogP contribution in [0.3, 0.4) is 0 Å². The number of rotatable bonds is 8. The molecule has 41 heavy (non-hydrogen) atoms. The van der Waals surface area contributed by atoms with Crippen LogP contribution in [0.2, 0.25) is 0 Å². The number of piperidine rings is 1. The third kappa shape index (κ3) is 6.84. The maximum Gasteiger partial charge on any atom is 0.253 e. The maximum atomic E-state index is 12.6. The third-order valence-corrected chi connectivity index (χ3v) is 8.17. The number of carbonyl (C=O) groups excluding carboxylic acids is 1. The van der Waals surface area contributed by atoms with E-state index in [0.717, 1.165) is 36.2 Å². The first-order chi connectivity index (χ1) is 19.5. The highest BCUT2D eigenvalue weighted by atomic mass is 32.2. The molecule has 5 heterocycles. The van der Waals surface area contributed by atoms with Gasteiger partial charge in [0.1, 0.15) is 5.82 Å². The van der Waals surface area contributed by atoms with Crippen molar-refractivity contribution >= 4 is 32.5 Å². The lowest BCUT2D eigenvalue weighted by atomic mass is 9.91. The number of aliphatic hydroxyl groups is 1. The normalized spacial score (nSPS) is 15.3. The van der Waals surface area contributed by atoms with Crippen LogP contribution in [-0.4, -0.2) is 89.9 Å². The minimum absolute atomic E-state index is 0.0190. The summed E-state index contributed by atoms with van der Waals surface area (Å²) in [6.45, 7) is 2.22. The van der Waals surface area contributed by atoms with Gasteiger partial charge in [0.25, 0.3) is 5.91 Å². The van der Waals surface area contributed by atoms with Gasteiger partial charge in [-0.3, -0.25) is 14.8 Å². The highest BCUT2D eigenvalue weighted by Crippen LogP contribution is 2.28. The van der Waals surface area contributed by atoms with Crippen molar-refractivity contribution in [3.05, 3.63) is 72.3 Å². The van der Waals surface area contributed by atoms with Gasteiger partial charge in [-0.1, -0.05) is 6.07 Å². The first kappa shape index (κ1) is 28.5. The number of anilines is 1. The van der Waals surface area contributed by atoms with Gasteiger partial charge in [-0.15, -0.1) is 0 Å². The topological polar surface area (TPSA) is 142 Å². The summed E-state index contributed by atoms with van der Waals surface area (Å²) in [6.07, 6.45) is 6.66. The second-order valence-electron chi connectivity index (χ2n) is 10.8. The molecule has 12 heteroatoms. The summed E-state index contributed by atoms with van der Waals surface area (Å²) in [4.78, 5) is 34.8. The summed E-state index contributed by atoms with van der Waals surface area (Å²) in [6, 6.07) is 12.8.